The molecule has 5 heteroatoms. The lowest BCUT2D eigenvalue weighted by Crippen LogP contribution is -2.49. The van der Waals surface area contributed by atoms with Gasteiger partial charge in [-0.2, -0.15) is 0 Å². The van der Waals surface area contributed by atoms with Crippen molar-refractivity contribution in [2.45, 2.75) is 32.4 Å². The summed E-state index contributed by atoms with van der Waals surface area (Å²) in [6, 6.07) is 5.77. The van der Waals surface area contributed by atoms with Crippen LogP contribution in [0.2, 0.25) is 0 Å². The normalized spacial score (nSPS) is 29.0. The summed E-state index contributed by atoms with van der Waals surface area (Å²) in [5, 5.41) is 3.48. The van der Waals surface area contributed by atoms with Crippen LogP contribution in [0.5, 0.6) is 11.5 Å². The molecule has 1 aliphatic heterocycles. The number of rotatable bonds is 4. The van der Waals surface area contributed by atoms with Gasteiger partial charge in [0.1, 0.15) is 11.5 Å². The third-order valence-corrected chi connectivity index (χ3v) is 4.26. The molecular formula is C16H24N2O3. The van der Waals surface area contributed by atoms with Crippen molar-refractivity contribution in [1.29, 1.82) is 0 Å². The third-order valence-electron chi connectivity index (χ3n) is 4.26. The maximum Gasteiger partial charge on any atom is 0.222 e. The largest absolute Gasteiger partial charge is 0.497 e. The number of carbonyl (C=O) groups is 1. The molecule has 1 aliphatic rings. The molecule has 1 aromatic rings. The number of nitrogens with two attached hydrogens (primary N) is 1. The number of primary amides is 1. The summed E-state index contributed by atoms with van der Waals surface area (Å²) in [6.45, 7) is 4.19. The molecule has 3 N–H and O–H groups in total. The lowest BCUT2D eigenvalue weighted by atomic mass is 9.76. The van der Waals surface area contributed by atoms with Gasteiger partial charge in [-0.05, 0) is 37.5 Å². The topological polar surface area (TPSA) is 73.6 Å². The first-order valence-electron chi connectivity index (χ1n) is 7.25. The highest BCUT2D eigenvalue weighted by Crippen LogP contribution is 2.40. The van der Waals surface area contributed by atoms with E-state index >= 15 is 0 Å². The molecule has 4 atom stereocenters. The van der Waals surface area contributed by atoms with Gasteiger partial charge in [-0.3, -0.25) is 4.79 Å². The van der Waals surface area contributed by atoms with Gasteiger partial charge < -0.3 is 20.5 Å². The van der Waals surface area contributed by atoms with Crippen molar-refractivity contribution in [3.05, 3.63) is 23.8 Å². The minimum Gasteiger partial charge on any atom is -0.497 e. The van der Waals surface area contributed by atoms with Gasteiger partial charge in [0, 0.05) is 17.6 Å². The zero-order chi connectivity index (χ0) is 15.6. The van der Waals surface area contributed by atoms with E-state index < -0.39 is 0 Å². The van der Waals surface area contributed by atoms with Crippen LogP contribution in [0.3, 0.4) is 0 Å². The molecule has 1 aromatic carbocycles. The zero-order valence-corrected chi connectivity index (χ0v) is 13.1. The van der Waals surface area contributed by atoms with Crippen molar-refractivity contribution in [1.82, 2.24) is 5.32 Å². The van der Waals surface area contributed by atoms with E-state index in [4.69, 9.17) is 15.2 Å². The molecule has 0 aliphatic carbocycles. The van der Waals surface area contributed by atoms with E-state index in [-0.39, 0.29) is 23.8 Å². The minimum absolute atomic E-state index is 0.161. The van der Waals surface area contributed by atoms with Gasteiger partial charge in [0.2, 0.25) is 5.91 Å². The Morgan fingerprint density at radius 2 is 2.00 bits per heavy atom. The standard InChI is InChI=1S/C16H24N2O3/c1-9-7-10(2)18-15(14(9)16(17)19)12-8-11(20-3)5-6-13(12)21-4/h5-6,8-10,14-15,18H,7H2,1-4H3,(H2,17,19). The first-order chi connectivity index (χ1) is 9.97. The second kappa shape index (κ2) is 6.35. The Morgan fingerprint density at radius 1 is 1.29 bits per heavy atom. The Kier molecular flexibility index (Phi) is 4.73. The highest BCUT2D eigenvalue weighted by Gasteiger charge is 2.39. The molecule has 0 aromatic heterocycles. The number of hydrogen-bond donors (Lipinski definition) is 2. The average Bonchev–Trinajstić information content (AvgIpc) is 2.45. The SMILES string of the molecule is COc1ccc(OC)c(C2NC(C)CC(C)C2C(N)=O)c1. The molecule has 21 heavy (non-hydrogen) atoms. The highest BCUT2D eigenvalue weighted by atomic mass is 16.5. The zero-order valence-electron chi connectivity index (χ0n) is 13.1. The smallest absolute Gasteiger partial charge is 0.222 e. The molecular weight excluding hydrogens is 268 g/mol. The van der Waals surface area contributed by atoms with Crippen LogP contribution in [0.25, 0.3) is 0 Å². The summed E-state index contributed by atoms with van der Waals surface area (Å²) in [7, 11) is 3.25. The van der Waals surface area contributed by atoms with Crippen molar-refractivity contribution in [3.8, 4) is 11.5 Å². The predicted molar refractivity (Wildman–Crippen MR) is 81.4 cm³/mol. The maximum absolute atomic E-state index is 11.9. The van der Waals surface area contributed by atoms with Crippen LogP contribution in [0, 0.1) is 11.8 Å². The van der Waals surface area contributed by atoms with Crippen molar-refractivity contribution in [3.63, 3.8) is 0 Å². The Labute approximate surface area is 125 Å². The number of carbonyl (C=O) groups excluding carboxylic acids is 1. The number of hydrogen-bond acceptors (Lipinski definition) is 4. The number of benzene rings is 1. The molecule has 0 saturated carbocycles. The first kappa shape index (κ1) is 15.6. The van der Waals surface area contributed by atoms with E-state index in [1.54, 1.807) is 14.2 Å². The van der Waals surface area contributed by atoms with Crippen molar-refractivity contribution in [2.75, 3.05) is 14.2 Å². The molecule has 4 unspecified atom stereocenters. The Bertz CT molecular complexity index is 518. The summed E-state index contributed by atoms with van der Waals surface area (Å²) in [6.07, 6.45) is 0.927. The summed E-state index contributed by atoms with van der Waals surface area (Å²) in [5.41, 5.74) is 6.56. The van der Waals surface area contributed by atoms with Gasteiger partial charge in [-0.1, -0.05) is 6.92 Å². The molecule has 0 spiro atoms. The van der Waals surface area contributed by atoms with Crippen LogP contribution in [-0.4, -0.2) is 26.2 Å². The fourth-order valence-corrected chi connectivity index (χ4v) is 3.32. The van der Waals surface area contributed by atoms with Gasteiger partial charge in [0.05, 0.1) is 20.1 Å². The Morgan fingerprint density at radius 3 is 2.57 bits per heavy atom. The van der Waals surface area contributed by atoms with Crippen molar-refractivity contribution in [2.24, 2.45) is 17.6 Å². The minimum atomic E-state index is -0.281. The molecule has 1 fully saturated rings. The van der Waals surface area contributed by atoms with Gasteiger partial charge in [0.25, 0.3) is 0 Å². The van der Waals surface area contributed by atoms with E-state index in [0.29, 0.717) is 6.04 Å². The van der Waals surface area contributed by atoms with Crippen LogP contribution >= 0.6 is 0 Å². The van der Waals surface area contributed by atoms with Crippen LogP contribution in [-0.2, 0) is 4.79 Å². The number of ether oxygens (including phenoxy) is 2. The molecule has 1 saturated heterocycles. The van der Waals surface area contributed by atoms with E-state index in [1.807, 2.05) is 18.2 Å². The lowest BCUT2D eigenvalue weighted by Gasteiger charge is -2.39. The third kappa shape index (κ3) is 3.13. The van der Waals surface area contributed by atoms with Gasteiger partial charge in [-0.25, -0.2) is 0 Å². The highest BCUT2D eigenvalue weighted by molar-refractivity contribution is 5.78. The number of amides is 1. The lowest BCUT2D eigenvalue weighted by molar-refractivity contribution is -0.125. The second-order valence-electron chi connectivity index (χ2n) is 5.79. The predicted octanol–water partition coefficient (Wildman–Crippen LogP) is 1.86. The molecule has 2 rings (SSSR count). The number of nitrogens with one attached hydrogen (secondary N) is 1. The van der Waals surface area contributed by atoms with E-state index in [1.165, 1.54) is 0 Å². The quantitative estimate of drug-likeness (QED) is 0.888. The summed E-state index contributed by atoms with van der Waals surface area (Å²) in [4.78, 5) is 11.9. The molecule has 0 radical (unpaired) electrons. The van der Waals surface area contributed by atoms with Gasteiger partial charge >= 0.3 is 0 Å². The molecule has 5 nitrogen and oxygen atoms in total. The van der Waals surface area contributed by atoms with E-state index in [9.17, 15) is 4.79 Å². The van der Waals surface area contributed by atoms with Crippen molar-refractivity contribution < 1.29 is 14.3 Å². The number of piperidine rings is 1. The van der Waals surface area contributed by atoms with Crippen LogP contribution in [0.1, 0.15) is 31.9 Å². The van der Waals surface area contributed by atoms with Gasteiger partial charge in [0.15, 0.2) is 0 Å². The van der Waals surface area contributed by atoms with Crippen molar-refractivity contribution >= 4 is 5.91 Å². The fourth-order valence-electron chi connectivity index (χ4n) is 3.32. The van der Waals surface area contributed by atoms with Crippen LogP contribution in [0.4, 0.5) is 0 Å². The van der Waals surface area contributed by atoms with E-state index in [2.05, 4.69) is 19.2 Å². The first-order valence-corrected chi connectivity index (χ1v) is 7.25. The number of methoxy groups -OCH3 is 2. The monoisotopic (exact) mass is 292 g/mol. The maximum atomic E-state index is 11.9. The molecule has 1 amide bonds. The Balaban J connectivity index is 2.47. The summed E-state index contributed by atoms with van der Waals surface area (Å²) >= 11 is 0. The average molecular weight is 292 g/mol. The second-order valence-corrected chi connectivity index (χ2v) is 5.79. The summed E-state index contributed by atoms with van der Waals surface area (Å²) in [5.74, 6) is 1.15. The van der Waals surface area contributed by atoms with Gasteiger partial charge in [-0.15, -0.1) is 0 Å². The fraction of sp³-hybridized carbons (Fsp3) is 0.562. The van der Waals surface area contributed by atoms with Crippen LogP contribution in [0.15, 0.2) is 18.2 Å². The molecule has 116 valence electrons. The molecule has 1 heterocycles. The molecule has 0 bridgehead atoms. The van der Waals surface area contributed by atoms with Crippen LogP contribution < -0.4 is 20.5 Å². The van der Waals surface area contributed by atoms with E-state index in [0.717, 1.165) is 23.5 Å². The summed E-state index contributed by atoms with van der Waals surface area (Å²) < 4.78 is 10.7. The Hall–Kier alpha value is -1.75.